The monoisotopic (exact) mass is 313 g/mol. The second-order valence-corrected chi connectivity index (χ2v) is 7.65. The van der Waals surface area contributed by atoms with E-state index in [0.29, 0.717) is 0 Å². The first-order valence-electron chi connectivity index (χ1n) is 8.64. The molecule has 0 spiro atoms. The summed E-state index contributed by atoms with van der Waals surface area (Å²) in [5.74, 6) is 0. The Hall–Kier alpha value is -1.61. The van der Waals surface area contributed by atoms with E-state index in [9.17, 15) is 0 Å². The lowest BCUT2D eigenvalue weighted by molar-refractivity contribution is 0.413. The van der Waals surface area contributed by atoms with Crippen molar-refractivity contribution in [3.8, 4) is 5.69 Å². The lowest BCUT2D eigenvalue weighted by Crippen LogP contribution is -2.15. The molecule has 0 saturated carbocycles. The van der Waals surface area contributed by atoms with Crippen LogP contribution in [-0.4, -0.2) is 35.3 Å². The van der Waals surface area contributed by atoms with Crippen LogP contribution in [0.2, 0.25) is 0 Å². The summed E-state index contributed by atoms with van der Waals surface area (Å²) >= 11 is 0. The van der Waals surface area contributed by atoms with Crippen LogP contribution in [0.5, 0.6) is 0 Å². The van der Waals surface area contributed by atoms with Gasteiger partial charge in [-0.2, -0.15) is 5.10 Å². The van der Waals surface area contributed by atoms with Gasteiger partial charge in [0.15, 0.2) is 0 Å². The van der Waals surface area contributed by atoms with E-state index >= 15 is 0 Å². The summed E-state index contributed by atoms with van der Waals surface area (Å²) in [5, 5.41) is 4.88. The van der Waals surface area contributed by atoms with Gasteiger partial charge in [0.25, 0.3) is 0 Å². The molecule has 0 bridgehead atoms. The molecule has 1 heterocycles. The molecular weight excluding hydrogens is 282 g/mol. The van der Waals surface area contributed by atoms with E-state index in [2.05, 4.69) is 81.7 Å². The number of rotatable bonds is 6. The molecule has 1 aromatic heterocycles. The van der Waals surface area contributed by atoms with Gasteiger partial charge in [0, 0.05) is 17.7 Å². The number of hydrogen-bond donors (Lipinski definition) is 0. The third-order valence-electron chi connectivity index (χ3n) is 4.09. The maximum Gasteiger partial charge on any atom is 0.0685 e. The Kier molecular flexibility index (Phi) is 5.64. The average Bonchev–Trinajstić information content (AvgIpc) is 2.90. The van der Waals surface area contributed by atoms with Gasteiger partial charge in [-0.05, 0) is 50.7 Å². The molecule has 2 rings (SSSR count). The van der Waals surface area contributed by atoms with Crippen LogP contribution in [0.3, 0.4) is 0 Å². The van der Waals surface area contributed by atoms with Crippen molar-refractivity contribution in [2.45, 2.75) is 52.4 Å². The molecule has 0 amide bonds. The summed E-state index contributed by atoms with van der Waals surface area (Å²) in [5.41, 5.74) is 5.09. The number of hydrogen-bond acceptors (Lipinski definition) is 2. The zero-order chi connectivity index (χ0) is 17.0. The van der Waals surface area contributed by atoms with Crippen molar-refractivity contribution in [2.24, 2.45) is 0 Å². The summed E-state index contributed by atoms with van der Waals surface area (Å²) < 4.78 is 2.12. The highest BCUT2D eigenvalue weighted by molar-refractivity contribution is 5.37. The van der Waals surface area contributed by atoms with Gasteiger partial charge < -0.3 is 4.90 Å². The summed E-state index contributed by atoms with van der Waals surface area (Å²) in [6.07, 6.45) is 3.28. The van der Waals surface area contributed by atoms with Crippen molar-refractivity contribution in [3.63, 3.8) is 0 Å². The van der Waals surface area contributed by atoms with E-state index in [1.54, 1.807) is 0 Å². The van der Waals surface area contributed by atoms with E-state index in [0.717, 1.165) is 37.2 Å². The minimum atomic E-state index is 0.0827. The molecule has 0 aliphatic heterocycles. The molecule has 126 valence electrons. The maximum atomic E-state index is 4.88. The molecule has 3 nitrogen and oxygen atoms in total. The molecule has 1 aromatic carbocycles. The van der Waals surface area contributed by atoms with Crippen LogP contribution >= 0.6 is 0 Å². The molecule has 0 saturated heterocycles. The van der Waals surface area contributed by atoms with Crippen molar-refractivity contribution >= 4 is 0 Å². The Morgan fingerprint density at radius 3 is 2.22 bits per heavy atom. The summed E-state index contributed by atoms with van der Waals surface area (Å²) in [6, 6.07) is 11.1. The largest absolute Gasteiger partial charge is 0.309 e. The van der Waals surface area contributed by atoms with Gasteiger partial charge in [0.05, 0.1) is 11.4 Å². The van der Waals surface area contributed by atoms with Crippen LogP contribution < -0.4 is 0 Å². The first-order valence-corrected chi connectivity index (χ1v) is 8.64. The average molecular weight is 313 g/mol. The maximum absolute atomic E-state index is 4.88. The van der Waals surface area contributed by atoms with Gasteiger partial charge in [-0.3, -0.25) is 0 Å². The molecular formula is C20H31N3. The molecule has 0 fully saturated rings. The summed E-state index contributed by atoms with van der Waals surface area (Å²) in [6.45, 7) is 9.97. The number of benzene rings is 1. The predicted molar refractivity (Wildman–Crippen MR) is 98.5 cm³/mol. The van der Waals surface area contributed by atoms with Gasteiger partial charge in [0.2, 0.25) is 0 Å². The third-order valence-corrected chi connectivity index (χ3v) is 4.09. The first-order chi connectivity index (χ1) is 10.8. The van der Waals surface area contributed by atoms with Crippen molar-refractivity contribution in [1.29, 1.82) is 0 Å². The SMILES string of the molecule is CCCc1cc(C(C)(C)C)nn1-c1ccc(CCN(C)C)cc1. The van der Waals surface area contributed by atoms with Gasteiger partial charge in [-0.15, -0.1) is 0 Å². The highest BCUT2D eigenvalue weighted by atomic mass is 15.3. The van der Waals surface area contributed by atoms with Crippen LogP contribution in [0, 0.1) is 0 Å². The fraction of sp³-hybridized carbons (Fsp3) is 0.550. The molecule has 0 radical (unpaired) electrons. The van der Waals surface area contributed by atoms with Gasteiger partial charge in [-0.25, -0.2) is 4.68 Å². The van der Waals surface area contributed by atoms with E-state index in [1.807, 2.05) is 0 Å². The van der Waals surface area contributed by atoms with Crippen LogP contribution in [0.1, 0.15) is 51.1 Å². The normalized spacial score (nSPS) is 12.1. The second-order valence-electron chi connectivity index (χ2n) is 7.65. The molecule has 0 unspecified atom stereocenters. The summed E-state index contributed by atoms with van der Waals surface area (Å²) in [4.78, 5) is 2.22. The van der Waals surface area contributed by atoms with Crippen molar-refractivity contribution in [1.82, 2.24) is 14.7 Å². The van der Waals surface area contributed by atoms with Crippen LogP contribution in [0.15, 0.2) is 30.3 Å². The smallest absolute Gasteiger partial charge is 0.0685 e. The second kappa shape index (κ2) is 7.31. The van der Waals surface area contributed by atoms with Gasteiger partial charge in [-0.1, -0.05) is 46.2 Å². The van der Waals surface area contributed by atoms with E-state index in [1.165, 1.54) is 11.3 Å². The van der Waals surface area contributed by atoms with Gasteiger partial charge >= 0.3 is 0 Å². The quantitative estimate of drug-likeness (QED) is 0.796. The number of aromatic nitrogens is 2. The van der Waals surface area contributed by atoms with E-state index in [-0.39, 0.29) is 5.41 Å². The van der Waals surface area contributed by atoms with Crippen molar-refractivity contribution in [3.05, 3.63) is 47.3 Å². The van der Waals surface area contributed by atoms with Crippen LogP contribution in [0.25, 0.3) is 5.69 Å². The lowest BCUT2D eigenvalue weighted by Gasteiger charge is -2.14. The topological polar surface area (TPSA) is 21.1 Å². The van der Waals surface area contributed by atoms with Gasteiger partial charge in [0.1, 0.15) is 0 Å². The zero-order valence-corrected chi connectivity index (χ0v) is 15.6. The number of likely N-dealkylation sites (N-methyl/N-ethyl adjacent to an activating group) is 1. The molecule has 0 aliphatic rings. The Morgan fingerprint density at radius 2 is 1.70 bits per heavy atom. The Bertz CT molecular complexity index is 615. The molecule has 23 heavy (non-hydrogen) atoms. The minimum absolute atomic E-state index is 0.0827. The minimum Gasteiger partial charge on any atom is -0.309 e. The molecule has 0 aliphatic carbocycles. The zero-order valence-electron chi connectivity index (χ0n) is 15.6. The fourth-order valence-corrected chi connectivity index (χ4v) is 2.60. The molecule has 3 heteroatoms. The molecule has 0 N–H and O–H groups in total. The first kappa shape index (κ1) is 17.7. The van der Waals surface area contributed by atoms with Crippen molar-refractivity contribution in [2.75, 3.05) is 20.6 Å². The number of aryl methyl sites for hydroxylation is 1. The Labute approximate surface area is 141 Å². The predicted octanol–water partition coefficient (Wildman–Crippen LogP) is 4.23. The van der Waals surface area contributed by atoms with Crippen LogP contribution in [0.4, 0.5) is 0 Å². The third kappa shape index (κ3) is 4.68. The molecule has 0 atom stereocenters. The summed E-state index contributed by atoms with van der Waals surface area (Å²) in [7, 11) is 4.23. The lowest BCUT2D eigenvalue weighted by atomic mass is 9.92. The highest BCUT2D eigenvalue weighted by Gasteiger charge is 2.20. The number of nitrogens with zero attached hydrogens (tertiary/aromatic N) is 3. The van der Waals surface area contributed by atoms with E-state index < -0.39 is 0 Å². The van der Waals surface area contributed by atoms with Crippen molar-refractivity contribution < 1.29 is 0 Å². The Balaban J connectivity index is 2.28. The fourth-order valence-electron chi connectivity index (χ4n) is 2.60. The standard InChI is InChI=1S/C20H31N3/c1-7-8-18-15-19(20(2,3)4)21-23(18)17-11-9-16(10-12-17)13-14-22(5)6/h9-12,15H,7-8,13-14H2,1-6H3. The van der Waals surface area contributed by atoms with Crippen LogP contribution in [-0.2, 0) is 18.3 Å². The molecule has 2 aromatic rings. The Morgan fingerprint density at radius 1 is 1.04 bits per heavy atom. The highest BCUT2D eigenvalue weighted by Crippen LogP contribution is 2.24. The van der Waals surface area contributed by atoms with E-state index in [4.69, 9.17) is 5.10 Å².